The van der Waals surface area contributed by atoms with E-state index in [1.807, 2.05) is 24.3 Å². The molecule has 1 aromatic rings. The summed E-state index contributed by atoms with van der Waals surface area (Å²) in [4.78, 5) is 0. The summed E-state index contributed by atoms with van der Waals surface area (Å²) >= 11 is 0. The molecule has 0 saturated carbocycles. The minimum Gasteiger partial charge on any atom is -0.150 e. The maximum absolute atomic E-state index is 3.83. The summed E-state index contributed by atoms with van der Waals surface area (Å²) in [5.41, 5.74) is 1.92. The molecular formula is C6H4N2. The van der Waals surface area contributed by atoms with E-state index in [0.717, 1.165) is 11.4 Å². The van der Waals surface area contributed by atoms with E-state index in [2.05, 4.69) is 10.2 Å². The van der Waals surface area contributed by atoms with E-state index in [1.165, 1.54) is 0 Å². The highest BCUT2D eigenvalue weighted by atomic mass is 15.1. The number of hydrogen-bond donors (Lipinski definition) is 0. The van der Waals surface area contributed by atoms with Gasteiger partial charge in [-0.1, -0.05) is 6.07 Å². The lowest BCUT2D eigenvalue weighted by Crippen LogP contribution is -1.51. The van der Waals surface area contributed by atoms with Crippen molar-refractivity contribution >= 4 is 11.4 Å². The fraction of sp³-hybridized carbons (Fsp3) is 0. The van der Waals surface area contributed by atoms with Gasteiger partial charge >= 0.3 is 0 Å². The molecule has 0 aliphatic carbocycles. The minimum atomic E-state index is 0.961. The molecule has 0 radical (unpaired) electrons. The molecule has 0 fully saturated rings. The third-order valence-corrected chi connectivity index (χ3v) is 1.11. The molecule has 0 spiro atoms. The van der Waals surface area contributed by atoms with Gasteiger partial charge in [0.25, 0.3) is 0 Å². The minimum absolute atomic E-state index is 0.961. The summed E-state index contributed by atoms with van der Waals surface area (Å²) in [6, 6.07) is 7.75. The van der Waals surface area contributed by atoms with Gasteiger partial charge in [0.1, 0.15) is 0 Å². The first-order valence-electron chi connectivity index (χ1n) is 2.47. The fourth-order valence-electron chi connectivity index (χ4n) is 0.733. The Kier molecular flexibility index (Phi) is 0.545. The zero-order valence-corrected chi connectivity index (χ0v) is 4.20. The molecule has 1 heterocycles. The smallest absolute Gasteiger partial charge is 0.0879 e. The summed E-state index contributed by atoms with van der Waals surface area (Å²) in [6.07, 6.45) is 0. The van der Waals surface area contributed by atoms with E-state index >= 15 is 0 Å². The van der Waals surface area contributed by atoms with E-state index in [4.69, 9.17) is 0 Å². The molecular weight excluding hydrogens is 100 g/mol. The summed E-state index contributed by atoms with van der Waals surface area (Å²) in [7, 11) is 0. The zero-order chi connectivity index (χ0) is 5.40. The molecule has 38 valence electrons. The Morgan fingerprint density at radius 1 is 1.00 bits per heavy atom. The van der Waals surface area contributed by atoms with Crippen molar-refractivity contribution in [2.75, 3.05) is 0 Å². The Morgan fingerprint density at radius 3 is 2.12 bits per heavy atom. The lowest BCUT2D eigenvalue weighted by Gasteiger charge is -1.78. The highest BCUT2D eigenvalue weighted by Gasteiger charge is 1.97. The summed E-state index contributed by atoms with van der Waals surface area (Å²) in [5, 5.41) is 7.66. The number of nitrogens with zero attached hydrogens (tertiary/aromatic N) is 2. The Balaban J connectivity index is 2.82. The van der Waals surface area contributed by atoms with Gasteiger partial charge in [0.05, 0.1) is 11.4 Å². The van der Waals surface area contributed by atoms with Crippen LogP contribution in [0, 0.1) is 0 Å². The standard InChI is InChI=1S/C6H4N2/c1-2-5-4-6(3-1)8-7-5/h1-4H. The van der Waals surface area contributed by atoms with Crippen molar-refractivity contribution < 1.29 is 0 Å². The third kappa shape index (κ3) is 0.368. The van der Waals surface area contributed by atoms with E-state index in [0.29, 0.717) is 0 Å². The van der Waals surface area contributed by atoms with Gasteiger partial charge in [0.15, 0.2) is 0 Å². The van der Waals surface area contributed by atoms with Crippen molar-refractivity contribution in [2.45, 2.75) is 0 Å². The first kappa shape index (κ1) is 3.78. The molecule has 1 aliphatic heterocycles. The van der Waals surface area contributed by atoms with Gasteiger partial charge in [0, 0.05) is 0 Å². The molecule has 8 heavy (non-hydrogen) atoms. The molecule has 2 bridgehead atoms. The highest BCUT2D eigenvalue weighted by Crippen LogP contribution is 2.27. The molecule has 1 aromatic carbocycles. The third-order valence-electron chi connectivity index (χ3n) is 1.11. The fourth-order valence-corrected chi connectivity index (χ4v) is 0.733. The van der Waals surface area contributed by atoms with Crippen molar-refractivity contribution in [3.05, 3.63) is 24.3 Å². The lowest BCUT2D eigenvalue weighted by molar-refractivity contribution is 1.31. The topological polar surface area (TPSA) is 24.7 Å². The van der Waals surface area contributed by atoms with Crippen molar-refractivity contribution in [1.82, 2.24) is 0 Å². The molecule has 0 saturated heterocycles. The van der Waals surface area contributed by atoms with Gasteiger partial charge in [-0.3, -0.25) is 0 Å². The van der Waals surface area contributed by atoms with Crippen LogP contribution < -0.4 is 0 Å². The molecule has 2 nitrogen and oxygen atoms in total. The van der Waals surface area contributed by atoms with Crippen molar-refractivity contribution in [3.63, 3.8) is 0 Å². The van der Waals surface area contributed by atoms with Crippen molar-refractivity contribution in [1.29, 1.82) is 0 Å². The van der Waals surface area contributed by atoms with E-state index < -0.39 is 0 Å². The SMILES string of the molecule is c1cc2cc(c1)N=N2. The maximum Gasteiger partial charge on any atom is 0.0879 e. The second-order valence-corrected chi connectivity index (χ2v) is 1.72. The Labute approximate surface area is 46.9 Å². The van der Waals surface area contributed by atoms with Gasteiger partial charge in [-0.05, 0) is 18.2 Å². The summed E-state index contributed by atoms with van der Waals surface area (Å²) < 4.78 is 0. The quantitative estimate of drug-likeness (QED) is 0.490. The Bertz CT molecular complexity index is 219. The number of rotatable bonds is 0. The second-order valence-electron chi connectivity index (χ2n) is 1.72. The summed E-state index contributed by atoms with van der Waals surface area (Å²) in [6.45, 7) is 0. The number of fused-ring (bicyclic) bond motifs is 2. The average Bonchev–Trinajstić information content (AvgIpc) is 2.12. The molecule has 0 amide bonds. The van der Waals surface area contributed by atoms with Gasteiger partial charge < -0.3 is 0 Å². The van der Waals surface area contributed by atoms with Crippen LogP contribution in [0.4, 0.5) is 11.4 Å². The van der Waals surface area contributed by atoms with Crippen LogP contribution in [-0.4, -0.2) is 0 Å². The molecule has 2 rings (SSSR count). The monoisotopic (exact) mass is 104 g/mol. The largest absolute Gasteiger partial charge is 0.150 e. The summed E-state index contributed by atoms with van der Waals surface area (Å²) in [5.74, 6) is 0. The molecule has 0 aromatic heterocycles. The van der Waals surface area contributed by atoms with Crippen LogP contribution in [0.3, 0.4) is 0 Å². The van der Waals surface area contributed by atoms with Gasteiger partial charge in [-0.25, -0.2) is 0 Å². The Morgan fingerprint density at radius 2 is 1.62 bits per heavy atom. The molecule has 0 N–H and O–H groups in total. The molecule has 0 unspecified atom stereocenters. The van der Waals surface area contributed by atoms with Crippen LogP contribution in [-0.2, 0) is 0 Å². The van der Waals surface area contributed by atoms with Crippen LogP contribution in [0.2, 0.25) is 0 Å². The zero-order valence-electron chi connectivity index (χ0n) is 4.20. The second kappa shape index (κ2) is 1.15. The Hall–Kier alpha value is -1.18. The molecule has 1 aliphatic rings. The number of hydrogen-bond acceptors (Lipinski definition) is 2. The van der Waals surface area contributed by atoms with Crippen LogP contribution in [0.1, 0.15) is 0 Å². The van der Waals surface area contributed by atoms with E-state index in [1.54, 1.807) is 0 Å². The maximum atomic E-state index is 3.83. The van der Waals surface area contributed by atoms with Crippen molar-refractivity contribution in [3.8, 4) is 0 Å². The molecule has 0 atom stereocenters. The van der Waals surface area contributed by atoms with E-state index in [9.17, 15) is 0 Å². The normalized spacial score (nSPS) is 12.5. The van der Waals surface area contributed by atoms with E-state index in [-0.39, 0.29) is 0 Å². The number of azo groups is 1. The highest BCUT2D eigenvalue weighted by molar-refractivity contribution is 5.53. The van der Waals surface area contributed by atoms with Crippen molar-refractivity contribution in [2.24, 2.45) is 10.2 Å². The van der Waals surface area contributed by atoms with Crippen LogP contribution in [0.5, 0.6) is 0 Å². The first-order valence-corrected chi connectivity index (χ1v) is 2.47. The van der Waals surface area contributed by atoms with Gasteiger partial charge in [-0.2, -0.15) is 10.2 Å². The van der Waals surface area contributed by atoms with Crippen LogP contribution in [0.15, 0.2) is 34.5 Å². The predicted octanol–water partition coefficient (Wildman–Crippen LogP) is 2.42. The van der Waals surface area contributed by atoms with Gasteiger partial charge in [0.2, 0.25) is 0 Å². The first-order chi connectivity index (χ1) is 3.95. The van der Waals surface area contributed by atoms with Gasteiger partial charge in [-0.15, -0.1) is 0 Å². The lowest BCUT2D eigenvalue weighted by atomic mass is 10.3. The van der Waals surface area contributed by atoms with Crippen LogP contribution in [0.25, 0.3) is 0 Å². The predicted molar refractivity (Wildman–Crippen MR) is 30.6 cm³/mol. The number of benzene rings is 1. The molecule has 2 heteroatoms. The van der Waals surface area contributed by atoms with Crippen LogP contribution >= 0.6 is 0 Å². The average molecular weight is 104 g/mol.